The van der Waals surface area contributed by atoms with Gasteiger partial charge in [0.1, 0.15) is 5.69 Å². The number of carbonyl (C=O) groups excluding carboxylic acids is 2. The molecular weight excluding hydrogens is 358 g/mol. The topological polar surface area (TPSA) is 87.7 Å². The van der Waals surface area contributed by atoms with Crippen LogP contribution in [0.3, 0.4) is 0 Å². The Morgan fingerprint density at radius 3 is 2.64 bits per heavy atom. The van der Waals surface area contributed by atoms with Crippen molar-refractivity contribution in [3.63, 3.8) is 0 Å². The third-order valence-electron chi connectivity index (χ3n) is 5.70. The molecular formula is C20H31N5O3. The van der Waals surface area contributed by atoms with Gasteiger partial charge in [-0.2, -0.15) is 0 Å². The minimum absolute atomic E-state index is 0.0417. The van der Waals surface area contributed by atoms with E-state index in [-0.39, 0.29) is 17.7 Å². The summed E-state index contributed by atoms with van der Waals surface area (Å²) >= 11 is 0. The zero-order chi connectivity index (χ0) is 19.9. The zero-order valence-electron chi connectivity index (χ0n) is 16.9. The number of hydrogen-bond acceptors (Lipinski definition) is 6. The second kappa shape index (κ2) is 9.93. The molecule has 2 amide bonds. The van der Waals surface area contributed by atoms with Gasteiger partial charge in [-0.1, -0.05) is 0 Å². The number of amides is 2. The molecule has 0 bridgehead atoms. The van der Waals surface area contributed by atoms with E-state index in [9.17, 15) is 9.59 Å². The average Bonchev–Trinajstić information content (AvgIpc) is 2.74. The van der Waals surface area contributed by atoms with E-state index in [1.165, 1.54) is 0 Å². The first kappa shape index (κ1) is 20.7. The van der Waals surface area contributed by atoms with Crippen LogP contribution in [0.25, 0.3) is 0 Å². The number of likely N-dealkylation sites (tertiary alicyclic amines) is 2. The van der Waals surface area contributed by atoms with Crippen LogP contribution in [0.4, 0.5) is 0 Å². The van der Waals surface area contributed by atoms with Gasteiger partial charge in [0.05, 0.1) is 24.4 Å². The van der Waals surface area contributed by atoms with Crippen LogP contribution in [0.15, 0.2) is 12.4 Å². The first-order chi connectivity index (χ1) is 13.6. The van der Waals surface area contributed by atoms with Gasteiger partial charge in [0.2, 0.25) is 5.91 Å². The van der Waals surface area contributed by atoms with E-state index in [1.54, 1.807) is 19.5 Å². The van der Waals surface area contributed by atoms with Crippen molar-refractivity contribution in [3.8, 4) is 0 Å². The largest absolute Gasteiger partial charge is 0.383 e. The molecule has 0 saturated carbocycles. The molecule has 3 heterocycles. The Hall–Kier alpha value is -2.06. The highest BCUT2D eigenvalue weighted by Gasteiger charge is 2.32. The highest BCUT2D eigenvalue weighted by atomic mass is 16.5. The summed E-state index contributed by atoms with van der Waals surface area (Å²) in [4.78, 5) is 37.7. The number of ether oxygens (including phenoxy) is 1. The van der Waals surface area contributed by atoms with E-state index in [0.717, 1.165) is 57.6 Å². The monoisotopic (exact) mass is 389 g/mol. The van der Waals surface area contributed by atoms with Crippen molar-refractivity contribution in [2.45, 2.75) is 38.6 Å². The maximum Gasteiger partial charge on any atom is 0.274 e. The highest BCUT2D eigenvalue weighted by Crippen LogP contribution is 2.24. The average molecular weight is 390 g/mol. The van der Waals surface area contributed by atoms with Crippen LogP contribution in [-0.4, -0.2) is 84.1 Å². The number of methoxy groups -OCH3 is 1. The fourth-order valence-electron chi connectivity index (χ4n) is 4.07. The SMILES string of the molecule is COCCNC(=O)[C@H]1CCCN(C2CCN(C(=O)c3cnc(C)cn3)CC2)C1. The lowest BCUT2D eigenvalue weighted by Crippen LogP contribution is -2.51. The van der Waals surface area contributed by atoms with Crippen LogP contribution in [0.1, 0.15) is 41.9 Å². The Morgan fingerprint density at radius 1 is 1.18 bits per heavy atom. The van der Waals surface area contributed by atoms with Crippen LogP contribution >= 0.6 is 0 Å². The molecule has 2 saturated heterocycles. The summed E-state index contributed by atoms with van der Waals surface area (Å²) in [5.74, 6) is 0.139. The van der Waals surface area contributed by atoms with Crippen molar-refractivity contribution in [2.24, 2.45) is 5.92 Å². The molecule has 2 aliphatic rings. The molecule has 0 aliphatic carbocycles. The van der Waals surface area contributed by atoms with E-state index in [1.807, 2.05) is 11.8 Å². The molecule has 2 fully saturated rings. The first-order valence-corrected chi connectivity index (χ1v) is 10.2. The molecule has 1 atom stereocenters. The summed E-state index contributed by atoms with van der Waals surface area (Å²) in [6.07, 6.45) is 7.04. The van der Waals surface area contributed by atoms with Crippen LogP contribution in [0, 0.1) is 12.8 Å². The third-order valence-corrected chi connectivity index (χ3v) is 5.70. The van der Waals surface area contributed by atoms with Crippen molar-refractivity contribution < 1.29 is 14.3 Å². The summed E-state index contributed by atoms with van der Waals surface area (Å²) < 4.78 is 5.00. The van der Waals surface area contributed by atoms with Crippen LogP contribution in [-0.2, 0) is 9.53 Å². The summed E-state index contributed by atoms with van der Waals surface area (Å²) in [5, 5.41) is 2.96. The lowest BCUT2D eigenvalue weighted by atomic mass is 9.93. The van der Waals surface area contributed by atoms with E-state index in [0.29, 0.717) is 24.9 Å². The van der Waals surface area contributed by atoms with Gasteiger partial charge in [-0.25, -0.2) is 4.98 Å². The summed E-state index contributed by atoms with van der Waals surface area (Å²) in [7, 11) is 1.64. The Morgan fingerprint density at radius 2 is 1.96 bits per heavy atom. The fourth-order valence-corrected chi connectivity index (χ4v) is 4.07. The van der Waals surface area contributed by atoms with Crippen molar-refractivity contribution in [3.05, 3.63) is 23.8 Å². The number of rotatable bonds is 6. The molecule has 2 aliphatic heterocycles. The molecule has 28 heavy (non-hydrogen) atoms. The van der Waals surface area contributed by atoms with Gasteiger partial charge in [0, 0.05) is 45.5 Å². The summed E-state index contributed by atoms with van der Waals surface area (Å²) in [6.45, 7) is 6.25. The number of aromatic nitrogens is 2. The predicted octanol–water partition coefficient (Wildman–Crippen LogP) is 0.864. The van der Waals surface area contributed by atoms with Gasteiger partial charge in [0.25, 0.3) is 5.91 Å². The van der Waals surface area contributed by atoms with Gasteiger partial charge in [-0.05, 0) is 39.2 Å². The summed E-state index contributed by atoms with van der Waals surface area (Å²) in [5.41, 5.74) is 1.22. The Kier molecular flexibility index (Phi) is 7.33. The van der Waals surface area contributed by atoms with Gasteiger partial charge in [-0.3, -0.25) is 19.5 Å². The second-order valence-corrected chi connectivity index (χ2v) is 7.68. The van der Waals surface area contributed by atoms with Crippen molar-refractivity contribution in [2.75, 3.05) is 46.4 Å². The molecule has 8 nitrogen and oxygen atoms in total. The zero-order valence-corrected chi connectivity index (χ0v) is 16.9. The molecule has 1 aromatic heterocycles. The second-order valence-electron chi connectivity index (χ2n) is 7.68. The number of piperidine rings is 2. The standard InChI is InChI=1S/C20H31N5O3/c1-15-12-23-18(13-22-15)20(27)24-9-5-17(6-10-24)25-8-3-4-16(14-25)19(26)21-7-11-28-2/h12-13,16-17H,3-11,14H2,1-2H3,(H,21,26)/t16-/m0/s1. The molecule has 1 N–H and O–H groups in total. The predicted molar refractivity (Wildman–Crippen MR) is 105 cm³/mol. The van der Waals surface area contributed by atoms with Crippen molar-refractivity contribution in [1.29, 1.82) is 0 Å². The number of carbonyl (C=O) groups is 2. The van der Waals surface area contributed by atoms with E-state index < -0.39 is 0 Å². The maximum atomic E-state index is 12.6. The maximum absolute atomic E-state index is 12.6. The minimum atomic E-state index is -0.0417. The lowest BCUT2D eigenvalue weighted by molar-refractivity contribution is -0.127. The van der Waals surface area contributed by atoms with Gasteiger partial charge >= 0.3 is 0 Å². The Bertz CT molecular complexity index is 658. The third kappa shape index (κ3) is 5.26. The minimum Gasteiger partial charge on any atom is -0.383 e. The molecule has 0 aromatic carbocycles. The number of nitrogens with one attached hydrogen (secondary N) is 1. The fraction of sp³-hybridized carbons (Fsp3) is 0.700. The van der Waals surface area contributed by atoms with E-state index >= 15 is 0 Å². The van der Waals surface area contributed by atoms with Gasteiger partial charge in [-0.15, -0.1) is 0 Å². The molecule has 0 unspecified atom stereocenters. The normalized spacial score (nSPS) is 21.5. The van der Waals surface area contributed by atoms with Gasteiger partial charge in [0.15, 0.2) is 0 Å². The number of hydrogen-bond donors (Lipinski definition) is 1. The quantitative estimate of drug-likeness (QED) is 0.727. The van der Waals surface area contributed by atoms with Gasteiger partial charge < -0.3 is 15.0 Å². The number of aryl methyl sites for hydroxylation is 1. The van der Waals surface area contributed by atoms with E-state index in [2.05, 4.69) is 20.2 Å². The molecule has 8 heteroatoms. The molecule has 0 radical (unpaired) electrons. The van der Waals surface area contributed by atoms with E-state index in [4.69, 9.17) is 4.74 Å². The number of nitrogens with zero attached hydrogens (tertiary/aromatic N) is 4. The molecule has 0 spiro atoms. The van der Waals surface area contributed by atoms with Crippen molar-refractivity contribution >= 4 is 11.8 Å². The first-order valence-electron chi connectivity index (χ1n) is 10.2. The molecule has 154 valence electrons. The smallest absolute Gasteiger partial charge is 0.274 e. The highest BCUT2D eigenvalue weighted by molar-refractivity contribution is 5.92. The van der Waals surface area contributed by atoms with Crippen LogP contribution in [0.5, 0.6) is 0 Å². The van der Waals surface area contributed by atoms with Crippen LogP contribution in [0.2, 0.25) is 0 Å². The Labute approximate surface area is 166 Å². The molecule has 1 aromatic rings. The van der Waals surface area contributed by atoms with Crippen molar-refractivity contribution in [1.82, 2.24) is 25.1 Å². The molecule has 3 rings (SSSR count). The summed E-state index contributed by atoms with van der Waals surface area (Å²) in [6, 6.07) is 0.433. The lowest BCUT2D eigenvalue weighted by Gasteiger charge is -2.42. The van der Waals surface area contributed by atoms with Crippen LogP contribution < -0.4 is 5.32 Å². The Balaban J connectivity index is 1.48.